The molecule has 1 aromatic carbocycles. The fraction of sp³-hybridized carbons (Fsp3) is 0.480. The quantitative estimate of drug-likeness (QED) is 0.365. The Hall–Kier alpha value is -2.12. The molecule has 0 saturated carbocycles. The number of likely N-dealkylation sites (tertiary alicyclic amines) is 1. The van der Waals surface area contributed by atoms with Crippen molar-refractivity contribution in [2.24, 2.45) is 0 Å². The summed E-state index contributed by atoms with van der Waals surface area (Å²) in [7, 11) is 0. The van der Waals surface area contributed by atoms with Crippen molar-refractivity contribution in [3.63, 3.8) is 0 Å². The number of aryl methyl sites for hydroxylation is 3. The van der Waals surface area contributed by atoms with E-state index in [-0.39, 0.29) is 29.3 Å². The van der Waals surface area contributed by atoms with E-state index in [0.717, 1.165) is 40.2 Å². The topological polar surface area (TPSA) is 55.2 Å². The molecule has 1 saturated heterocycles. The van der Waals surface area contributed by atoms with E-state index >= 15 is 0 Å². The molecule has 1 aliphatic heterocycles. The Morgan fingerprint density at radius 3 is 2.44 bits per heavy atom. The Labute approximate surface area is 197 Å². The molecule has 3 heterocycles. The first kappa shape index (κ1) is 23.1. The highest BCUT2D eigenvalue weighted by Crippen LogP contribution is 2.30. The first-order chi connectivity index (χ1) is 15.3. The molecule has 1 fully saturated rings. The molecule has 0 radical (unpaired) electrons. The van der Waals surface area contributed by atoms with Gasteiger partial charge in [-0.05, 0) is 76.6 Å². The van der Waals surface area contributed by atoms with Crippen LogP contribution in [0.4, 0.5) is 0 Å². The van der Waals surface area contributed by atoms with Gasteiger partial charge in [-0.3, -0.25) is 14.2 Å². The molecular formula is C25H31N3O2S2. The van der Waals surface area contributed by atoms with Gasteiger partial charge in [0, 0.05) is 17.0 Å². The predicted molar refractivity (Wildman–Crippen MR) is 134 cm³/mol. The van der Waals surface area contributed by atoms with Gasteiger partial charge in [0.25, 0.3) is 5.56 Å². The number of thiophene rings is 1. The van der Waals surface area contributed by atoms with E-state index < -0.39 is 0 Å². The van der Waals surface area contributed by atoms with E-state index in [0.29, 0.717) is 10.5 Å². The summed E-state index contributed by atoms with van der Waals surface area (Å²) in [6.45, 7) is 10.4. The summed E-state index contributed by atoms with van der Waals surface area (Å²) in [6.07, 6.45) is 4.21. The van der Waals surface area contributed by atoms with Crippen LogP contribution in [0.1, 0.15) is 56.0 Å². The minimum absolute atomic E-state index is 0.0595. The van der Waals surface area contributed by atoms with Crippen molar-refractivity contribution >= 4 is 39.2 Å². The zero-order valence-electron chi connectivity index (χ0n) is 19.5. The van der Waals surface area contributed by atoms with Crippen molar-refractivity contribution in [3.8, 4) is 5.69 Å². The molecule has 3 aromatic rings. The standard InChI is InChI=1S/C25H31N3O2S2/c1-6-19-10-12-20(13-11-19)28-24(30)22-17(4)18(5)32-23(22)26-25(28)31-14-21(29)27-15(2)8-7-9-16(27)3/h10-13,15-16H,6-9,14H2,1-5H3/t15-,16+. The number of carbonyl (C=O) groups excluding carboxylic acids is 1. The molecule has 0 unspecified atom stereocenters. The molecule has 0 N–H and O–H groups in total. The van der Waals surface area contributed by atoms with Crippen molar-refractivity contribution in [2.45, 2.75) is 77.5 Å². The highest BCUT2D eigenvalue weighted by Gasteiger charge is 2.29. The zero-order valence-corrected chi connectivity index (χ0v) is 21.1. The Balaban J connectivity index is 1.74. The van der Waals surface area contributed by atoms with Gasteiger partial charge >= 0.3 is 0 Å². The smallest absolute Gasteiger partial charge is 0.267 e. The summed E-state index contributed by atoms with van der Waals surface area (Å²) >= 11 is 2.92. The monoisotopic (exact) mass is 469 g/mol. The number of fused-ring (bicyclic) bond motifs is 1. The Kier molecular flexibility index (Phi) is 6.77. The number of aromatic nitrogens is 2. The van der Waals surface area contributed by atoms with Gasteiger partial charge in [-0.25, -0.2) is 4.98 Å². The van der Waals surface area contributed by atoms with Gasteiger partial charge in [0.1, 0.15) is 4.83 Å². The number of thioether (sulfide) groups is 1. The van der Waals surface area contributed by atoms with Crippen molar-refractivity contribution < 1.29 is 4.79 Å². The normalized spacial score (nSPS) is 19.0. The third-order valence-electron chi connectivity index (χ3n) is 6.58. The SMILES string of the molecule is CCc1ccc(-n2c(SCC(=O)N3[C@H](C)CCC[C@@H]3C)nc3sc(C)c(C)c3c2=O)cc1. The van der Waals surface area contributed by atoms with E-state index in [1.54, 1.807) is 15.9 Å². The summed E-state index contributed by atoms with van der Waals surface area (Å²) in [5.41, 5.74) is 2.94. The molecule has 2 atom stereocenters. The molecule has 4 rings (SSSR count). The molecule has 0 aliphatic carbocycles. The van der Waals surface area contributed by atoms with Gasteiger partial charge in [0.15, 0.2) is 5.16 Å². The summed E-state index contributed by atoms with van der Waals surface area (Å²) in [4.78, 5) is 35.5. The maximum absolute atomic E-state index is 13.6. The molecule has 170 valence electrons. The molecule has 5 nitrogen and oxygen atoms in total. The lowest BCUT2D eigenvalue weighted by Gasteiger charge is -2.39. The van der Waals surface area contributed by atoms with Gasteiger partial charge in [0.05, 0.1) is 16.8 Å². The van der Waals surface area contributed by atoms with Crippen LogP contribution in [0.15, 0.2) is 34.2 Å². The molecule has 1 aliphatic rings. The fourth-order valence-corrected chi connectivity index (χ4v) is 6.55. The highest BCUT2D eigenvalue weighted by molar-refractivity contribution is 7.99. The summed E-state index contributed by atoms with van der Waals surface area (Å²) in [5.74, 6) is 0.402. The Morgan fingerprint density at radius 1 is 1.16 bits per heavy atom. The van der Waals surface area contributed by atoms with E-state index in [1.807, 2.05) is 43.0 Å². The van der Waals surface area contributed by atoms with Gasteiger partial charge in [-0.15, -0.1) is 11.3 Å². The van der Waals surface area contributed by atoms with E-state index in [4.69, 9.17) is 4.98 Å². The highest BCUT2D eigenvalue weighted by atomic mass is 32.2. The van der Waals surface area contributed by atoms with E-state index in [1.165, 1.54) is 23.7 Å². The van der Waals surface area contributed by atoms with Crippen LogP contribution in [0, 0.1) is 13.8 Å². The van der Waals surface area contributed by atoms with Crippen LogP contribution in [0.3, 0.4) is 0 Å². The number of hydrogen-bond donors (Lipinski definition) is 0. The van der Waals surface area contributed by atoms with Crippen molar-refractivity contribution in [1.29, 1.82) is 0 Å². The second-order valence-corrected chi connectivity index (χ2v) is 10.9. The molecule has 32 heavy (non-hydrogen) atoms. The zero-order chi connectivity index (χ0) is 23.0. The van der Waals surface area contributed by atoms with Gasteiger partial charge < -0.3 is 4.90 Å². The number of amides is 1. The van der Waals surface area contributed by atoms with Crippen LogP contribution in [0.25, 0.3) is 15.9 Å². The second kappa shape index (κ2) is 9.40. The Bertz CT molecular complexity index is 1190. The van der Waals surface area contributed by atoms with E-state index in [9.17, 15) is 9.59 Å². The lowest BCUT2D eigenvalue weighted by atomic mass is 9.98. The van der Waals surface area contributed by atoms with Crippen LogP contribution in [-0.2, 0) is 11.2 Å². The van der Waals surface area contributed by atoms with Crippen LogP contribution in [0.5, 0.6) is 0 Å². The average molecular weight is 470 g/mol. The third-order valence-corrected chi connectivity index (χ3v) is 8.61. The summed E-state index contributed by atoms with van der Waals surface area (Å²) in [5, 5.41) is 1.26. The van der Waals surface area contributed by atoms with Crippen LogP contribution >= 0.6 is 23.1 Å². The van der Waals surface area contributed by atoms with Crippen LogP contribution in [-0.4, -0.2) is 38.2 Å². The maximum Gasteiger partial charge on any atom is 0.267 e. The van der Waals surface area contributed by atoms with Crippen molar-refractivity contribution in [3.05, 3.63) is 50.6 Å². The van der Waals surface area contributed by atoms with Gasteiger partial charge in [-0.2, -0.15) is 0 Å². The number of carbonyl (C=O) groups is 1. The van der Waals surface area contributed by atoms with Crippen LogP contribution < -0.4 is 5.56 Å². The number of benzene rings is 1. The summed E-state index contributed by atoms with van der Waals surface area (Å²) < 4.78 is 1.68. The van der Waals surface area contributed by atoms with Crippen molar-refractivity contribution in [2.75, 3.05) is 5.75 Å². The van der Waals surface area contributed by atoms with E-state index in [2.05, 4.69) is 20.8 Å². The average Bonchev–Trinajstić information content (AvgIpc) is 3.06. The maximum atomic E-state index is 13.6. The number of piperidine rings is 1. The fourth-order valence-electron chi connectivity index (χ4n) is 4.59. The van der Waals surface area contributed by atoms with Gasteiger partial charge in [0.2, 0.25) is 5.91 Å². The minimum atomic E-state index is -0.0595. The molecule has 0 spiro atoms. The summed E-state index contributed by atoms with van der Waals surface area (Å²) in [6, 6.07) is 8.57. The Morgan fingerprint density at radius 2 is 1.81 bits per heavy atom. The number of nitrogens with zero attached hydrogens (tertiary/aromatic N) is 3. The van der Waals surface area contributed by atoms with Crippen molar-refractivity contribution in [1.82, 2.24) is 14.5 Å². The lowest BCUT2D eigenvalue weighted by Crippen LogP contribution is -2.48. The molecule has 1 amide bonds. The second-order valence-electron chi connectivity index (χ2n) is 8.74. The molecule has 0 bridgehead atoms. The largest absolute Gasteiger partial charge is 0.337 e. The number of hydrogen-bond acceptors (Lipinski definition) is 5. The first-order valence-electron chi connectivity index (χ1n) is 11.4. The first-order valence-corrected chi connectivity index (χ1v) is 13.2. The molecular weight excluding hydrogens is 438 g/mol. The predicted octanol–water partition coefficient (Wildman–Crippen LogP) is 5.51. The minimum Gasteiger partial charge on any atom is -0.337 e. The molecule has 2 aromatic heterocycles. The number of rotatable bonds is 5. The third kappa shape index (κ3) is 4.25. The van der Waals surface area contributed by atoms with Gasteiger partial charge in [-0.1, -0.05) is 30.8 Å². The lowest BCUT2D eigenvalue weighted by molar-refractivity contribution is -0.134. The molecule has 7 heteroatoms. The van der Waals surface area contributed by atoms with Crippen LogP contribution in [0.2, 0.25) is 0 Å².